The molecule has 0 N–H and O–H groups in total. The topological polar surface area (TPSA) is 85.4 Å². The van der Waals surface area contributed by atoms with Gasteiger partial charge in [-0.05, 0) is 53.8 Å². The smallest absolute Gasteiger partial charge is 0.243 e. The van der Waals surface area contributed by atoms with Gasteiger partial charge in [-0.3, -0.25) is 4.79 Å². The minimum absolute atomic E-state index is 0.0837. The molecule has 2 aromatic rings. The molecule has 33 heavy (non-hydrogen) atoms. The van der Waals surface area contributed by atoms with Crippen LogP contribution < -0.4 is 9.47 Å². The number of amides is 1. The van der Waals surface area contributed by atoms with E-state index in [-0.39, 0.29) is 10.8 Å². The number of carbonyl (C=O) groups is 1. The van der Waals surface area contributed by atoms with Gasteiger partial charge >= 0.3 is 0 Å². The summed E-state index contributed by atoms with van der Waals surface area (Å²) in [7, 11) is -0.284. The van der Waals surface area contributed by atoms with Crippen LogP contribution in [0.1, 0.15) is 23.1 Å². The maximum Gasteiger partial charge on any atom is 0.243 e. The Morgan fingerprint density at radius 3 is 2.24 bits per heavy atom. The fourth-order valence-corrected chi connectivity index (χ4v) is 5.68. The lowest BCUT2D eigenvalue weighted by molar-refractivity contribution is -0.132. The van der Waals surface area contributed by atoms with Crippen molar-refractivity contribution in [1.29, 1.82) is 0 Å². The predicted octanol–water partition coefficient (Wildman–Crippen LogP) is 2.24. The summed E-state index contributed by atoms with van der Waals surface area (Å²) < 4.78 is 43.0. The summed E-state index contributed by atoms with van der Waals surface area (Å²) in [5, 5.41) is 0. The Morgan fingerprint density at radius 2 is 1.61 bits per heavy atom. The summed E-state index contributed by atoms with van der Waals surface area (Å²) in [6.45, 7) is 2.79. The van der Waals surface area contributed by atoms with E-state index >= 15 is 0 Å². The number of sulfonamides is 1. The van der Waals surface area contributed by atoms with Gasteiger partial charge in [0.05, 0.1) is 32.3 Å². The van der Waals surface area contributed by atoms with Crippen LogP contribution in [0.3, 0.4) is 0 Å². The highest BCUT2D eigenvalue weighted by Gasteiger charge is 2.26. The van der Waals surface area contributed by atoms with E-state index in [0.717, 1.165) is 17.5 Å². The number of ether oxygens (including phenoxy) is 3. The molecule has 0 bridgehead atoms. The van der Waals surface area contributed by atoms with Crippen molar-refractivity contribution < 1.29 is 27.4 Å². The summed E-state index contributed by atoms with van der Waals surface area (Å²) in [6.07, 6.45) is 1.71. The van der Waals surface area contributed by atoms with Gasteiger partial charge in [0.1, 0.15) is 0 Å². The van der Waals surface area contributed by atoms with Crippen molar-refractivity contribution in [2.24, 2.45) is 0 Å². The number of rotatable bonds is 7. The summed E-state index contributed by atoms with van der Waals surface area (Å²) in [5.41, 5.74) is 3.19. The average Bonchev–Trinajstić information content (AvgIpc) is 2.86. The van der Waals surface area contributed by atoms with Crippen LogP contribution in [0.2, 0.25) is 0 Å². The Morgan fingerprint density at radius 1 is 0.970 bits per heavy atom. The van der Waals surface area contributed by atoms with Crippen molar-refractivity contribution in [2.45, 2.75) is 30.7 Å². The zero-order chi connectivity index (χ0) is 23.4. The van der Waals surface area contributed by atoms with Gasteiger partial charge in [-0.25, -0.2) is 8.42 Å². The van der Waals surface area contributed by atoms with Gasteiger partial charge in [0.2, 0.25) is 15.9 Å². The van der Waals surface area contributed by atoms with E-state index in [4.69, 9.17) is 14.2 Å². The van der Waals surface area contributed by atoms with Crippen molar-refractivity contribution in [3.05, 3.63) is 53.1 Å². The molecule has 0 aliphatic carbocycles. The molecule has 0 saturated carbocycles. The first-order valence-corrected chi connectivity index (χ1v) is 12.5. The lowest BCUT2D eigenvalue weighted by Gasteiger charge is -2.29. The van der Waals surface area contributed by atoms with Gasteiger partial charge in [0, 0.05) is 32.6 Å². The molecule has 0 atom stereocenters. The van der Waals surface area contributed by atoms with Gasteiger partial charge < -0.3 is 19.1 Å². The summed E-state index contributed by atoms with van der Waals surface area (Å²) >= 11 is 0. The van der Waals surface area contributed by atoms with Crippen LogP contribution in [0.5, 0.6) is 11.5 Å². The zero-order valence-electron chi connectivity index (χ0n) is 19.1. The molecular formula is C24H30N2O6S. The molecule has 4 rings (SSSR count). The first-order chi connectivity index (χ1) is 15.9. The fraction of sp³-hybridized carbons (Fsp3) is 0.458. The predicted molar refractivity (Wildman–Crippen MR) is 123 cm³/mol. The van der Waals surface area contributed by atoms with Crippen molar-refractivity contribution in [1.82, 2.24) is 9.21 Å². The van der Waals surface area contributed by atoms with Crippen LogP contribution in [0.15, 0.2) is 41.3 Å². The van der Waals surface area contributed by atoms with E-state index < -0.39 is 10.0 Å². The maximum absolute atomic E-state index is 12.8. The third-order valence-electron chi connectivity index (χ3n) is 6.23. The van der Waals surface area contributed by atoms with Crippen LogP contribution in [-0.4, -0.2) is 70.6 Å². The van der Waals surface area contributed by atoms with Gasteiger partial charge in [0.15, 0.2) is 11.5 Å². The van der Waals surface area contributed by atoms with E-state index in [0.29, 0.717) is 63.7 Å². The highest BCUT2D eigenvalue weighted by molar-refractivity contribution is 7.89. The van der Waals surface area contributed by atoms with Crippen LogP contribution >= 0.6 is 0 Å². The van der Waals surface area contributed by atoms with E-state index in [1.807, 2.05) is 17.0 Å². The van der Waals surface area contributed by atoms with E-state index in [9.17, 15) is 13.2 Å². The molecule has 0 aromatic heterocycles. The second kappa shape index (κ2) is 10.1. The van der Waals surface area contributed by atoms with Crippen molar-refractivity contribution in [3.63, 3.8) is 0 Å². The minimum atomic E-state index is -3.51. The summed E-state index contributed by atoms with van der Waals surface area (Å²) in [6, 6.07) is 10.8. The number of aryl methyl sites for hydroxylation is 1. The number of fused-ring (bicyclic) bond motifs is 1. The number of hydrogen-bond donors (Lipinski definition) is 0. The minimum Gasteiger partial charge on any atom is -0.493 e. The molecule has 2 aromatic carbocycles. The first kappa shape index (κ1) is 23.5. The molecular weight excluding hydrogens is 444 g/mol. The molecule has 2 aliphatic rings. The number of benzene rings is 2. The Hall–Kier alpha value is -2.62. The number of methoxy groups -OCH3 is 2. The van der Waals surface area contributed by atoms with Crippen molar-refractivity contribution >= 4 is 15.9 Å². The fourth-order valence-electron chi connectivity index (χ4n) is 4.27. The Kier molecular flexibility index (Phi) is 7.21. The van der Waals surface area contributed by atoms with Crippen molar-refractivity contribution in [2.75, 3.05) is 47.1 Å². The number of morpholine rings is 1. The SMILES string of the molecule is COc1cc2c(cc1OC)CN(C(=O)CCc1ccc(S(=O)(=O)N3CCOCC3)cc1)CC2. The molecule has 2 heterocycles. The largest absolute Gasteiger partial charge is 0.493 e. The molecule has 1 saturated heterocycles. The van der Waals surface area contributed by atoms with Gasteiger partial charge in [-0.1, -0.05) is 12.1 Å². The molecule has 1 amide bonds. The normalized spacial score (nSPS) is 16.8. The van der Waals surface area contributed by atoms with E-state index in [1.165, 1.54) is 9.87 Å². The Balaban J connectivity index is 1.35. The second-order valence-corrected chi connectivity index (χ2v) is 10.1. The Bertz CT molecular complexity index is 1090. The molecule has 0 unspecified atom stereocenters. The standard InChI is InChI=1S/C24H30N2O6S/c1-30-22-15-19-9-10-25(17-20(19)16-23(22)31-2)24(27)8-5-18-3-6-21(7-4-18)33(28,29)26-11-13-32-14-12-26/h3-4,6-7,15-16H,5,8-14,17H2,1-2H3. The molecule has 2 aliphatic heterocycles. The Labute approximate surface area is 195 Å². The van der Waals surface area contributed by atoms with Crippen molar-refractivity contribution in [3.8, 4) is 11.5 Å². The third-order valence-corrected chi connectivity index (χ3v) is 8.14. The highest BCUT2D eigenvalue weighted by atomic mass is 32.2. The molecule has 9 heteroatoms. The van der Waals surface area contributed by atoms with Crippen LogP contribution in [0, 0.1) is 0 Å². The lowest BCUT2D eigenvalue weighted by atomic mass is 9.98. The van der Waals surface area contributed by atoms with Gasteiger partial charge in [-0.2, -0.15) is 4.31 Å². The van der Waals surface area contributed by atoms with Crippen LogP contribution in [0.25, 0.3) is 0 Å². The number of nitrogens with zero attached hydrogens (tertiary/aromatic N) is 2. The van der Waals surface area contributed by atoms with E-state index in [2.05, 4.69) is 0 Å². The lowest BCUT2D eigenvalue weighted by Crippen LogP contribution is -2.40. The maximum atomic E-state index is 12.8. The molecule has 8 nitrogen and oxygen atoms in total. The van der Waals surface area contributed by atoms with Gasteiger partial charge in [0.25, 0.3) is 0 Å². The van der Waals surface area contributed by atoms with Crippen LogP contribution in [0.4, 0.5) is 0 Å². The third kappa shape index (κ3) is 5.15. The number of hydrogen-bond acceptors (Lipinski definition) is 6. The molecule has 178 valence electrons. The average molecular weight is 475 g/mol. The summed E-state index contributed by atoms with van der Waals surface area (Å²) in [5.74, 6) is 1.45. The molecule has 1 fully saturated rings. The van der Waals surface area contributed by atoms with E-state index in [1.54, 1.807) is 38.5 Å². The molecule has 0 spiro atoms. The second-order valence-electron chi connectivity index (χ2n) is 8.20. The zero-order valence-corrected chi connectivity index (χ0v) is 19.9. The summed E-state index contributed by atoms with van der Waals surface area (Å²) in [4.78, 5) is 15.0. The molecule has 0 radical (unpaired) electrons. The van der Waals surface area contributed by atoms with Crippen LogP contribution in [-0.2, 0) is 38.9 Å². The first-order valence-electron chi connectivity index (χ1n) is 11.1. The number of carbonyl (C=O) groups excluding carboxylic acids is 1. The quantitative estimate of drug-likeness (QED) is 0.612. The van der Waals surface area contributed by atoms with Gasteiger partial charge in [-0.15, -0.1) is 0 Å². The monoisotopic (exact) mass is 474 g/mol. The highest BCUT2D eigenvalue weighted by Crippen LogP contribution is 2.33.